The van der Waals surface area contributed by atoms with Gasteiger partial charge in [0.15, 0.2) is 0 Å². The Morgan fingerprint density at radius 2 is 2.43 bits per heavy atom. The molecule has 4 nitrogen and oxygen atoms in total. The fourth-order valence-corrected chi connectivity index (χ4v) is 1.21. The lowest BCUT2D eigenvalue weighted by molar-refractivity contribution is 0.183. The van der Waals surface area contributed by atoms with Gasteiger partial charge in [0.05, 0.1) is 19.3 Å². The van der Waals surface area contributed by atoms with Gasteiger partial charge in [0.1, 0.15) is 0 Å². The maximum atomic E-state index is 4.98. The molecule has 0 fully saturated rings. The van der Waals surface area contributed by atoms with E-state index in [-0.39, 0.29) is 0 Å². The standard InChI is InChI=1S/C10H19N3O/c1-3-4-11-7-10-8-12-13(9-10)5-6-14-2/h8-9,11H,3-7H2,1-2H3. The Kier molecular flexibility index (Phi) is 5.25. The SMILES string of the molecule is CCCNCc1cnn(CCOC)c1. The monoisotopic (exact) mass is 197 g/mol. The van der Waals surface area contributed by atoms with Crippen LogP contribution in [0.25, 0.3) is 0 Å². The van der Waals surface area contributed by atoms with E-state index in [1.54, 1.807) is 7.11 Å². The third kappa shape index (κ3) is 3.89. The fourth-order valence-electron chi connectivity index (χ4n) is 1.21. The highest BCUT2D eigenvalue weighted by atomic mass is 16.5. The van der Waals surface area contributed by atoms with Crippen LogP contribution >= 0.6 is 0 Å². The first-order valence-corrected chi connectivity index (χ1v) is 5.07. The molecule has 0 spiro atoms. The smallest absolute Gasteiger partial charge is 0.0658 e. The van der Waals surface area contributed by atoms with Crippen LogP contribution in [0.2, 0.25) is 0 Å². The van der Waals surface area contributed by atoms with E-state index in [2.05, 4.69) is 23.5 Å². The van der Waals surface area contributed by atoms with Gasteiger partial charge in [-0.15, -0.1) is 0 Å². The zero-order valence-electron chi connectivity index (χ0n) is 8.99. The number of methoxy groups -OCH3 is 1. The number of hydrogen-bond donors (Lipinski definition) is 1. The largest absolute Gasteiger partial charge is 0.383 e. The van der Waals surface area contributed by atoms with Gasteiger partial charge in [0.2, 0.25) is 0 Å². The zero-order chi connectivity index (χ0) is 10.2. The molecule has 14 heavy (non-hydrogen) atoms. The van der Waals surface area contributed by atoms with Gasteiger partial charge < -0.3 is 10.1 Å². The molecule has 0 aliphatic heterocycles. The molecule has 0 unspecified atom stereocenters. The maximum Gasteiger partial charge on any atom is 0.0658 e. The molecule has 0 saturated carbocycles. The Morgan fingerprint density at radius 3 is 3.14 bits per heavy atom. The summed E-state index contributed by atoms with van der Waals surface area (Å²) < 4.78 is 6.89. The highest BCUT2D eigenvalue weighted by molar-refractivity contribution is 5.03. The number of hydrogen-bond acceptors (Lipinski definition) is 3. The van der Waals surface area contributed by atoms with E-state index in [0.717, 1.165) is 26.1 Å². The molecule has 0 aromatic carbocycles. The third-order valence-corrected chi connectivity index (χ3v) is 1.97. The van der Waals surface area contributed by atoms with E-state index in [0.29, 0.717) is 6.61 Å². The lowest BCUT2D eigenvalue weighted by atomic mass is 10.3. The molecule has 1 N–H and O–H groups in total. The van der Waals surface area contributed by atoms with E-state index < -0.39 is 0 Å². The number of nitrogens with one attached hydrogen (secondary N) is 1. The summed E-state index contributed by atoms with van der Waals surface area (Å²) in [5, 5.41) is 7.57. The third-order valence-electron chi connectivity index (χ3n) is 1.97. The van der Waals surface area contributed by atoms with Gasteiger partial charge in [-0.3, -0.25) is 4.68 Å². The van der Waals surface area contributed by atoms with Crippen molar-refractivity contribution in [3.05, 3.63) is 18.0 Å². The Balaban J connectivity index is 2.27. The summed E-state index contributed by atoms with van der Waals surface area (Å²) in [6, 6.07) is 0. The number of ether oxygens (including phenoxy) is 1. The normalized spacial score (nSPS) is 10.7. The molecule has 4 heteroatoms. The Morgan fingerprint density at radius 1 is 1.57 bits per heavy atom. The average molecular weight is 197 g/mol. The van der Waals surface area contributed by atoms with Crippen LogP contribution in [0.3, 0.4) is 0 Å². The molecular weight excluding hydrogens is 178 g/mol. The Labute approximate surface area is 85.3 Å². The molecule has 1 rings (SSSR count). The number of aromatic nitrogens is 2. The Hall–Kier alpha value is -0.870. The van der Waals surface area contributed by atoms with Crippen molar-refractivity contribution in [1.29, 1.82) is 0 Å². The first-order chi connectivity index (χ1) is 6.86. The molecule has 0 atom stereocenters. The summed E-state index contributed by atoms with van der Waals surface area (Å²) in [4.78, 5) is 0. The van der Waals surface area contributed by atoms with Crippen LogP contribution in [0.4, 0.5) is 0 Å². The molecule has 1 aromatic rings. The van der Waals surface area contributed by atoms with Gasteiger partial charge in [0.25, 0.3) is 0 Å². The molecule has 0 saturated heterocycles. The predicted molar refractivity (Wildman–Crippen MR) is 56.1 cm³/mol. The van der Waals surface area contributed by atoms with Gasteiger partial charge in [-0.2, -0.15) is 5.10 Å². The molecule has 1 heterocycles. The average Bonchev–Trinajstić information content (AvgIpc) is 2.63. The van der Waals surface area contributed by atoms with E-state index in [1.165, 1.54) is 5.56 Å². The minimum atomic E-state index is 0.712. The van der Waals surface area contributed by atoms with Crippen LogP contribution in [0.5, 0.6) is 0 Å². The molecule has 0 radical (unpaired) electrons. The van der Waals surface area contributed by atoms with E-state index in [9.17, 15) is 0 Å². The summed E-state index contributed by atoms with van der Waals surface area (Å²) >= 11 is 0. The molecule has 0 amide bonds. The van der Waals surface area contributed by atoms with Crippen LogP contribution in [0.1, 0.15) is 18.9 Å². The van der Waals surface area contributed by atoms with Crippen molar-refractivity contribution in [2.75, 3.05) is 20.3 Å². The summed E-state index contributed by atoms with van der Waals surface area (Å²) in [5.41, 5.74) is 1.23. The number of rotatable bonds is 7. The molecule has 0 bridgehead atoms. The van der Waals surface area contributed by atoms with Crippen molar-refractivity contribution >= 4 is 0 Å². The van der Waals surface area contributed by atoms with Crippen LogP contribution in [-0.2, 0) is 17.8 Å². The zero-order valence-corrected chi connectivity index (χ0v) is 8.99. The quantitative estimate of drug-likeness (QED) is 0.664. The van der Waals surface area contributed by atoms with Crippen molar-refractivity contribution < 1.29 is 4.74 Å². The second-order valence-electron chi connectivity index (χ2n) is 3.28. The topological polar surface area (TPSA) is 39.1 Å². The van der Waals surface area contributed by atoms with Gasteiger partial charge in [-0.25, -0.2) is 0 Å². The molecular formula is C10H19N3O. The van der Waals surface area contributed by atoms with Gasteiger partial charge in [0, 0.05) is 25.4 Å². The summed E-state index contributed by atoms with van der Waals surface area (Å²) in [7, 11) is 1.70. The van der Waals surface area contributed by atoms with Crippen molar-refractivity contribution in [2.24, 2.45) is 0 Å². The van der Waals surface area contributed by atoms with Crippen molar-refractivity contribution in [1.82, 2.24) is 15.1 Å². The lowest BCUT2D eigenvalue weighted by Gasteiger charge is -2.00. The second-order valence-corrected chi connectivity index (χ2v) is 3.28. The van der Waals surface area contributed by atoms with Crippen LogP contribution < -0.4 is 5.32 Å². The minimum Gasteiger partial charge on any atom is -0.383 e. The molecule has 0 aliphatic carbocycles. The summed E-state index contributed by atoms with van der Waals surface area (Å²) in [6.45, 7) is 5.66. The second kappa shape index (κ2) is 6.56. The van der Waals surface area contributed by atoms with Crippen LogP contribution in [0, 0.1) is 0 Å². The lowest BCUT2D eigenvalue weighted by Crippen LogP contribution is -2.13. The van der Waals surface area contributed by atoms with E-state index in [1.807, 2.05) is 10.9 Å². The minimum absolute atomic E-state index is 0.712. The highest BCUT2D eigenvalue weighted by Gasteiger charge is 1.97. The highest BCUT2D eigenvalue weighted by Crippen LogP contribution is 1.97. The molecule has 1 aromatic heterocycles. The maximum absolute atomic E-state index is 4.98. The van der Waals surface area contributed by atoms with E-state index in [4.69, 9.17) is 4.74 Å². The van der Waals surface area contributed by atoms with Crippen LogP contribution in [0.15, 0.2) is 12.4 Å². The van der Waals surface area contributed by atoms with Crippen LogP contribution in [-0.4, -0.2) is 30.0 Å². The van der Waals surface area contributed by atoms with Crippen molar-refractivity contribution in [3.63, 3.8) is 0 Å². The summed E-state index contributed by atoms with van der Waals surface area (Å²) in [6.07, 6.45) is 5.12. The van der Waals surface area contributed by atoms with Crippen molar-refractivity contribution in [2.45, 2.75) is 26.4 Å². The fraction of sp³-hybridized carbons (Fsp3) is 0.700. The molecule has 80 valence electrons. The van der Waals surface area contributed by atoms with Gasteiger partial charge in [-0.05, 0) is 13.0 Å². The number of nitrogens with zero attached hydrogens (tertiary/aromatic N) is 2. The summed E-state index contributed by atoms with van der Waals surface area (Å²) in [5.74, 6) is 0. The van der Waals surface area contributed by atoms with E-state index >= 15 is 0 Å². The first kappa shape index (κ1) is 11.2. The van der Waals surface area contributed by atoms with Gasteiger partial charge >= 0.3 is 0 Å². The first-order valence-electron chi connectivity index (χ1n) is 5.07. The predicted octanol–water partition coefficient (Wildman–Crippen LogP) is 1.03. The Bertz CT molecular complexity index is 247. The van der Waals surface area contributed by atoms with Crippen molar-refractivity contribution in [3.8, 4) is 0 Å². The molecule has 0 aliphatic rings. The van der Waals surface area contributed by atoms with Gasteiger partial charge in [-0.1, -0.05) is 6.92 Å².